The third-order valence-electron chi connectivity index (χ3n) is 3.32. The summed E-state index contributed by atoms with van der Waals surface area (Å²) in [6.07, 6.45) is 2.43. The minimum atomic E-state index is -0.346. The molecule has 0 radical (unpaired) electrons. The largest absolute Gasteiger partial charge is 0.296 e. The van der Waals surface area contributed by atoms with Crippen LogP contribution in [-0.4, -0.2) is 22.4 Å². The monoisotopic (exact) mass is 298 g/mol. The SMILES string of the molecule is CC1CCCN1Cc1cccc([N+](=O)[O-])c1Br. The molecule has 0 amide bonds. The third-order valence-corrected chi connectivity index (χ3v) is 4.23. The highest BCUT2D eigenvalue weighted by atomic mass is 79.9. The van der Waals surface area contributed by atoms with Gasteiger partial charge < -0.3 is 0 Å². The zero-order chi connectivity index (χ0) is 12.4. The van der Waals surface area contributed by atoms with E-state index in [1.165, 1.54) is 18.9 Å². The van der Waals surface area contributed by atoms with Gasteiger partial charge in [0, 0.05) is 18.7 Å². The topological polar surface area (TPSA) is 46.4 Å². The van der Waals surface area contributed by atoms with E-state index in [2.05, 4.69) is 27.8 Å². The maximum Gasteiger partial charge on any atom is 0.283 e. The highest BCUT2D eigenvalue weighted by molar-refractivity contribution is 9.10. The smallest absolute Gasteiger partial charge is 0.283 e. The average molecular weight is 299 g/mol. The normalized spacial score (nSPS) is 20.7. The van der Waals surface area contributed by atoms with Crippen LogP contribution in [0.25, 0.3) is 0 Å². The lowest BCUT2D eigenvalue weighted by molar-refractivity contribution is -0.385. The first-order chi connectivity index (χ1) is 8.09. The van der Waals surface area contributed by atoms with Crippen LogP contribution >= 0.6 is 15.9 Å². The maximum atomic E-state index is 10.8. The zero-order valence-electron chi connectivity index (χ0n) is 9.73. The molecule has 0 aliphatic carbocycles. The van der Waals surface area contributed by atoms with Gasteiger partial charge >= 0.3 is 0 Å². The first-order valence-electron chi connectivity index (χ1n) is 5.75. The standard InChI is InChI=1S/C12H15BrN2O2/c1-9-4-3-7-14(9)8-10-5-2-6-11(12(10)13)15(16)17/h2,5-6,9H,3-4,7-8H2,1H3. The van der Waals surface area contributed by atoms with Gasteiger partial charge in [-0.15, -0.1) is 0 Å². The van der Waals surface area contributed by atoms with Crippen LogP contribution < -0.4 is 0 Å². The Balaban J connectivity index is 2.21. The number of hydrogen-bond acceptors (Lipinski definition) is 3. The summed E-state index contributed by atoms with van der Waals surface area (Å²) in [4.78, 5) is 12.9. The van der Waals surface area contributed by atoms with Crippen LogP contribution in [0.15, 0.2) is 22.7 Å². The van der Waals surface area contributed by atoms with Gasteiger partial charge in [-0.2, -0.15) is 0 Å². The van der Waals surface area contributed by atoms with Crippen LogP contribution in [0.5, 0.6) is 0 Å². The molecule has 1 aliphatic rings. The van der Waals surface area contributed by atoms with Crippen LogP contribution in [0.1, 0.15) is 25.3 Å². The fourth-order valence-corrected chi connectivity index (χ4v) is 2.81. The molecule has 1 fully saturated rings. The average Bonchev–Trinajstić information content (AvgIpc) is 2.67. The lowest BCUT2D eigenvalue weighted by Crippen LogP contribution is -2.26. The van der Waals surface area contributed by atoms with Crippen LogP contribution in [0, 0.1) is 10.1 Å². The fraction of sp³-hybridized carbons (Fsp3) is 0.500. The van der Waals surface area contributed by atoms with E-state index >= 15 is 0 Å². The van der Waals surface area contributed by atoms with E-state index in [4.69, 9.17) is 0 Å². The van der Waals surface area contributed by atoms with Crippen molar-refractivity contribution in [1.29, 1.82) is 0 Å². The van der Waals surface area contributed by atoms with Crippen molar-refractivity contribution in [3.8, 4) is 0 Å². The molecule has 0 bridgehead atoms. The van der Waals surface area contributed by atoms with Gasteiger partial charge in [0.2, 0.25) is 0 Å². The minimum Gasteiger partial charge on any atom is -0.296 e. The number of halogens is 1. The summed E-state index contributed by atoms with van der Waals surface area (Å²) in [5, 5.41) is 10.8. The molecule has 1 aromatic rings. The van der Waals surface area contributed by atoms with Crippen molar-refractivity contribution in [1.82, 2.24) is 4.90 Å². The molecule has 1 heterocycles. The van der Waals surface area contributed by atoms with Gasteiger partial charge in [0.25, 0.3) is 5.69 Å². The fourth-order valence-electron chi connectivity index (χ4n) is 2.28. The molecule has 1 aromatic carbocycles. The third kappa shape index (κ3) is 2.66. The van der Waals surface area contributed by atoms with Crippen molar-refractivity contribution < 1.29 is 4.92 Å². The van der Waals surface area contributed by atoms with Crippen LogP contribution in [-0.2, 0) is 6.54 Å². The lowest BCUT2D eigenvalue weighted by atomic mass is 10.2. The van der Waals surface area contributed by atoms with E-state index in [1.807, 2.05) is 6.07 Å². The Bertz CT molecular complexity index is 437. The van der Waals surface area contributed by atoms with E-state index in [1.54, 1.807) is 6.07 Å². The number of nitro benzene ring substituents is 1. The van der Waals surface area contributed by atoms with Crippen molar-refractivity contribution in [2.24, 2.45) is 0 Å². The molecule has 4 nitrogen and oxygen atoms in total. The predicted molar refractivity (Wildman–Crippen MR) is 69.9 cm³/mol. The van der Waals surface area contributed by atoms with Gasteiger partial charge in [-0.3, -0.25) is 15.0 Å². The van der Waals surface area contributed by atoms with Gasteiger partial charge in [0.1, 0.15) is 0 Å². The molecule has 0 saturated carbocycles. The summed E-state index contributed by atoms with van der Waals surface area (Å²) in [7, 11) is 0. The van der Waals surface area contributed by atoms with Crippen molar-refractivity contribution >= 4 is 21.6 Å². The number of nitro groups is 1. The molecular weight excluding hydrogens is 284 g/mol. The first kappa shape index (κ1) is 12.5. The van der Waals surface area contributed by atoms with Crippen molar-refractivity contribution in [3.05, 3.63) is 38.3 Å². The second kappa shape index (κ2) is 5.14. The van der Waals surface area contributed by atoms with Crippen molar-refractivity contribution in [2.75, 3.05) is 6.54 Å². The molecule has 1 unspecified atom stereocenters. The Morgan fingerprint density at radius 2 is 2.35 bits per heavy atom. The van der Waals surface area contributed by atoms with Gasteiger partial charge in [-0.05, 0) is 47.8 Å². The molecule has 2 rings (SSSR count). The Morgan fingerprint density at radius 3 is 2.94 bits per heavy atom. The predicted octanol–water partition coefficient (Wildman–Crippen LogP) is 3.34. The summed E-state index contributed by atoms with van der Waals surface area (Å²) in [5.74, 6) is 0. The van der Waals surface area contributed by atoms with E-state index in [9.17, 15) is 10.1 Å². The van der Waals surface area contributed by atoms with E-state index in [0.717, 1.165) is 18.7 Å². The van der Waals surface area contributed by atoms with Crippen molar-refractivity contribution in [2.45, 2.75) is 32.4 Å². The van der Waals surface area contributed by atoms with Gasteiger partial charge in [-0.1, -0.05) is 12.1 Å². The molecule has 17 heavy (non-hydrogen) atoms. The summed E-state index contributed by atoms with van der Waals surface area (Å²) in [6, 6.07) is 5.79. The molecule has 0 N–H and O–H groups in total. The number of likely N-dealkylation sites (tertiary alicyclic amines) is 1. The second-order valence-electron chi connectivity index (χ2n) is 4.47. The quantitative estimate of drug-likeness (QED) is 0.635. The molecule has 92 valence electrons. The maximum absolute atomic E-state index is 10.8. The molecule has 1 saturated heterocycles. The highest BCUT2D eigenvalue weighted by Crippen LogP contribution is 2.30. The van der Waals surface area contributed by atoms with Crippen LogP contribution in [0.3, 0.4) is 0 Å². The first-order valence-corrected chi connectivity index (χ1v) is 6.54. The Kier molecular flexibility index (Phi) is 3.79. The Hall–Kier alpha value is -0.940. The number of nitrogens with zero attached hydrogens (tertiary/aromatic N) is 2. The number of benzene rings is 1. The molecule has 5 heteroatoms. The molecular formula is C12H15BrN2O2. The van der Waals surface area contributed by atoms with Gasteiger partial charge in [0.05, 0.1) is 9.40 Å². The van der Waals surface area contributed by atoms with E-state index in [-0.39, 0.29) is 10.6 Å². The molecule has 0 spiro atoms. The number of hydrogen-bond donors (Lipinski definition) is 0. The highest BCUT2D eigenvalue weighted by Gasteiger charge is 2.22. The van der Waals surface area contributed by atoms with E-state index in [0.29, 0.717) is 10.5 Å². The molecule has 0 aromatic heterocycles. The lowest BCUT2D eigenvalue weighted by Gasteiger charge is -2.21. The van der Waals surface area contributed by atoms with Crippen molar-refractivity contribution in [3.63, 3.8) is 0 Å². The summed E-state index contributed by atoms with van der Waals surface area (Å²) >= 11 is 3.34. The Labute approximate surface area is 109 Å². The summed E-state index contributed by atoms with van der Waals surface area (Å²) < 4.78 is 0.615. The molecule has 1 aliphatic heterocycles. The van der Waals surface area contributed by atoms with Gasteiger partial charge in [0.15, 0.2) is 0 Å². The summed E-state index contributed by atoms with van der Waals surface area (Å²) in [5.41, 5.74) is 1.14. The number of rotatable bonds is 3. The Morgan fingerprint density at radius 1 is 1.59 bits per heavy atom. The van der Waals surface area contributed by atoms with E-state index < -0.39 is 0 Å². The van der Waals surface area contributed by atoms with Gasteiger partial charge in [-0.25, -0.2) is 0 Å². The summed E-state index contributed by atoms with van der Waals surface area (Å²) in [6.45, 7) is 4.07. The van der Waals surface area contributed by atoms with Crippen LogP contribution in [0.4, 0.5) is 5.69 Å². The van der Waals surface area contributed by atoms with Crippen LogP contribution in [0.2, 0.25) is 0 Å². The second-order valence-corrected chi connectivity index (χ2v) is 5.26. The minimum absolute atomic E-state index is 0.148. The molecule has 1 atom stereocenters. The zero-order valence-corrected chi connectivity index (χ0v) is 11.3.